The Morgan fingerprint density at radius 1 is 0.649 bits per heavy atom. The number of aryl methyl sites for hydroxylation is 1. The molecule has 13 atom stereocenters. The first-order valence-corrected chi connectivity index (χ1v) is 36.7. The first-order chi connectivity index (χ1) is 46.7. The van der Waals surface area contributed by atoms with E-state index in [4.69, 9.17) is 11.5 Å². The minimum absolute atomic E-state index is 0.0101. The van der Waals surface area contributed by atoms with E-state index in [9.17, 15) is 48.6 Å². The summed E-state index contributed by atoms with van der Waals surface area (Å²) < 4.78 is 15.2. The zero-order chi connectivity index (χ0) is 69.4. The van der Waals surface area contributed by atoms with Crippen LogP contribution in [-0.2, 0) is 70.7 Å². The molecule has 10 amide bonds. The summed E-state index contributed by atoms with van der Waals surface area (Å²) in [7, 11) is 0. The molecule has 97 heavy (non-hydrogen) atoms. The van der Waals surface area contributed by atoms with Crippen LogP contribution >= 0.6 is 23.5 Å². The van der Waals surface area contributed by atoms with Crippen molar-refractivity contribution in [1.29, 1.82) is 0 Å². The number of aliphatic hydroxyl groups excluding tert-OH is 1. The van der Waals surface area contributed by atoms with Crippen LogP contribution in [0.5, 0.6) is 0 Å². The number of alkyl halides is 1. The molecular formula is C67H99FN14O13S2. The van der Waals surface area contributed by atoms with E-state index in [-0.39, 0.29) is 88.0 Å². The molecule has 27 nitrogen and oxygen atoms in total. The van der Waals surface area contributed by atoms with Crippen molar-refractivity contribution in [2.45, 2.75) is 206 Å². The molecule has 6 unspecified atom stereocenters. The number of carboxylic acids is 1. The predicted octanol–water partition coefficient (Wildman–Crippen LogP) is -0.254. The Hall–Kier alpha value is -6.96. The van der Waals surface area contributed by atoms with Crippen molar-refractivity contribution in [2.24, 2.45) is 29.2 Å². The fourth-order valence-electron chi connectivity index (χ4n) is 14.0. The number of benzene rings is 2. The van der Waals surface area contributed by atoms with Crippen LogP contribution in [0.25, 0.3) is 0 Å². The predicted molar refractivity (Wildman–Crippen MR) is 363 cm³/mol. The van der Waals surface area contributed by atoms with Crippen LogP contribution in [0.1, 0.15) is 132 Å². The summed E-state index contributed by atoms with van der Waals surface area (Å²) in [6, 6.07) is 5.65. The molecule has 2 aliphatic carbocycles. The maximum absolute atomic E-state index is 15.2. The molecule has 3 saturated heterocycles. The summed E-state index contributed by atoms with van der Waals surface area (Å²) in [5, 5.41) is 52.4. The molecule has 4 aliphatic heterocycles. The van der Waals surface area contributed by atoms with Gasteiger partial charge in [0, 0.05) is 61.3 Å². The molecule has 8 rings (SSSR count). The van der Waals surface area contributed by atoms with Gasteiger partial charge in [0.25, 0.3) is 0 Å². The summed E-state index contributed by atoms with van der Waals surface area (Å²) in [6.07, 6.45) is 2.45. The van der Waals surface area contributed by atoms with E-state index in [0.29, 0.717) is 101 Å². The molecule has 2 aromatic carbocycles. The van der Waals surface area contributed by atoms with Gasteiger partial charge in [0.15, 0.2) is 0 Å². The zero-order valence-electron chi connectivity index (χ0n) is 55.0. The van der Waals surface area contributed by atoms with E-state index in [1.54, 1.807) is 12.1 Å². The average molecular weight is 1390 g/mol. The number of rotatable bonds is 16. The number of primary amides is 1. The van der Waals surface area contributed by atoms with E-state index >= 15 is 18.8 Å². The van der Waals surface area contributed by atoms with Gasteiger partial charge in [-0.15, -0.1) is 0 Å². The number of nitrogens with zero attached hydrogens (tertiary/aromatic N) is 1. The van der Waals surface area contributed by atoms with E-state index in [0.717, 1.165) is 16.7 Å². The van der Waals surface area contributed by atoms with Gasteiger partial charge < -0.3 is 85.1 Å². The molecule has 17 N–H and O–H groups in total. The van der Waals surface area contributed by atoms with Crippen LogP contribution in [0.15, 0.2) is 54.6 Å². The molecule has 0 spiro atoms. The molecule has 534 valence electrons. The quantitative estimate of drug-likeness (QED) is 0.0963. The van der Waals surface area contributed by atoms with Crippen LogP contribution in [0.3, 0.4) is 0 Å². The lowest BCUT2D eigenvalue weighted by molar-refractivity contribution is -0.143. The second kappa shape index (κ2) is 38.4. The maximum atomic E-state index is 15.2. The van der Waals surface area contributed by atoms with E-state index < -0.39 is 151 Å². The minimum Gasteiger partial charge on any atom is -0.481 e. The first kappa shape index (κ1) is 75.8. The monoisotopic (exact) mass is 1390 g/mol. The second-order valence-electron chi connectivity index (χ2n) is 26.7. The van der Waals surface area contributed by atoms with Crippen LogP contribution < -0.4 is 70.0 Å². The molecule has 30 heteroatoms. The molecule has 4 heterocycles. The van der Waals surface area contributed by atoms with Crippen LogP contribution in [-0.4, -0.2) is 204 Å². The van der Waals surface area contributed by atoms with Gasteiger partial charge in [0.05, 0.1) is 19.1 Å². The van der Waals surface area contributed by atoms with Crippen molar-refractivity contribution >= 4 is 88.6 Å². The van der Waals surface area contributed by atoms with Crippen molar-refractivity contribution < 1.29 is 67.3 Å². The number of carbonyl (C=O) groups excluding carboxylic acids is 10. The molecule has 0 aromatic heterocycles. The summed E-state index contributed by atoms with van der Waals surface area (Å²) >= 11 is 2.87. The molecule has 0 radical (unpaired) electrons. The summed E-state index contributed by atoms with van der Waals surface area (Å²) in [6.45, 7) is 0.896. The second-order valence-corrected chi connectivity index (χ2v) is 28.8. The Kier molecular flexibility index (Phi) is 30.0. The lowest BCUT2D eigenvalue weighted by Crippen LogP contribution is -2.61. The Bertz CT molecular complexity index is 3020. The third kappa shape index (κ3) is 23.9. The Morgan fingerprint density at radius 2 is 1.32 bits per heavy atom. The maximum Gasteiger partial charge on any atom is 0.305 e. The van der Waals surface area contributed by atoms with Crippen molar-refractivity contribution in [3.05, 3.63) is 71.3 Å². The molecule has 2 saturated carbocycles. The highest BCUT2D eigenvalue weighted by atomic mass is 32.2. The highest BCUT2D eigenvalue weighted by molar-refractivity contribution is 7.98. The van der Waals surface area contributed by atoms with Crippen LogP contribution in [0.4, 0.5) is 4.39 Å². The topological polar surface area (TPSA) is 416 Å². The summed E-state index contributed by atoms with van der Waals surface area (Å²) in [5.74, 6) is -8.39. The molecular weight excluding hydrogens is 1290 g/mol. The van der Waals surface area contributed by atoms with Crippen molar-refractivity contribution in [3.8, 4) is 0 Å². The first-order valence-electron chi connectivity index (χ1n) is 34.4. The lowest BCUT2D eigenvalue weighted by atomic mass is 9.77. The SMILES string of the molecule is NCCCCC1NC(=O)CCSCc2cccc(c2)CSC[C@@H](C(N)=O)NC(=O)[C@@H]2CCCN2C(=O)[C@H](CC2CCC(O)CC2)NC(=O)[C@H](CC2CNCN2)NC(=O)[C@H](CC(=O)O)NC(=O)[C@H](CC2CNC3CCC(F)CC23)NC(=O)[C@H](CCc2ccccc2)NC(=O)CNC1=O. The highest BCUT2D eigenvalue weighted by Crippen LogP contribution is 2.38. The number of nitrogens with two attached hydrogens (primary N) is 2. The number of fused-ring (bicyclic) bond motifs is 4. The van der Waals surface area contributed by atoms with Gasteiger partial charge in [0.2, 0.25) is 59.1 Å². The number of thioether (sulfide) groups is 2. The van der Waals surface area contributed by atoms with Crippen molar-refractivity contribution in [2.75, 3.05) is 50.9 Å². The zero-order valence-corrected chi connectivity index (χ0v) is 56.7. The van der Waals surface area contributed by atoms with Gasteiger partial charge in [-0.25, -0.2) is 4.39 Å². The third-order valence-corrected chi connectivity index (χ3v) is 21.5. The Balaban J connectivity index is 1.10. The van der Waals surface area contributed by atoms with Crippen molar-refractivity contribution in [1.82, 2.24) is 63.4 Å². The molecule has 5 fully saturated rings. The highest BCUT2D eigenvalue weighted by Gasteiger charge is 2.45. The summed E-state index contributed by atoms with van der Waals surface area (Å²) in [4.78, 5) is 158. The van der Waals surface area contributed by atoms with Gasteiger partial charge in [-0.2, -0.15) is 23.5 Å². The molecule has 6 aliphatic rings. The number of hydrogen-bond acceptors (Lipinski definition) is 18. The van der Waals surface area contributed by atoms with Gasteiger partial charge in [-0.05, 0) is 157 Å². The largest absolute Gasteiger partial charge is 0.481 e. The number of hydrogen-bond donors (Lipinski definition) is 15. The number of amides is 10. The number of aliphatic carboxylic acids is 1. The van der Waals surface area contributed by atoms with Crippen LogP contribution in [0.2, 0.25) is 0 Å². The molecule has 2 aromatic rings. The fourth-order valence-corrected chi connectivity index (χ4v) is 15.9. The Labute approximate surface area is 574 Å². The van der Waals surface area contributed by atoms with Crippen molar-refractivity contribution in [3.63, 3.8) is 0 Å². The van der Waals surface area contributed by atoms with Gasteiger partial charge in [0.1, 0.15) is 54.5 Å². The normalized spacial score (nSPS) is 30.9. The smallest absolute Gasteiger partial charge is 0.305 e. The number of carbonyl (C=O) groups is 11. The van der Waals surface area contributed by atoms with Gasteiger partial charge >= 0.3 is 5.97 Å². The van der Waals surface area contributed by atoms with E-state index in [1.807, 2.05) is 42.5 Å². The number of carboxylic acid groups (broad SMARTS) is 1. The fraction of sp³-hybridized carbons (Fsp3) is 0.657. The third-order valence-electron chi connectivity index (χ3n) is 19.3. The average Bonchev–Trinajstić information content (AvgIpc) is 1.21. The van der Waals surface area contributed by atoms with Crippen LogP contribution in [0, 0.1) is 17.8 Å². The minimum atomic E-state index is -1.88. The van der Waals surface area contributed by atoms with Gasteiger partial charge in [-0.3, -0.25) is 52.7 Å². The van der Waals surface area contributed by atoms with Gasteiger partial charge in [-0.1, -0.05) is 54.6 Å². The lowest BCUT2D eigenvalue weighted by Gasteiger charge is -2.34. The number of aliphatic hydroxyl groups is 1. The molecule has 2 bridgehead atoms. The van der Waals surface area contributed by atoms with E-state index in [1.165, 1.54) is 28.4 Å². The Morgan fingerprint density at radius 3 is 2.02 bits per heavy atom. The summed E-state index contributed by atoms with van der Waals surface area (Å²) in [5.41, 5.74) is 14.4. The number of unbranched alkanes of at least 4 members (excludes halogenated alkanes) is 1. The number of halogens is 1. The van der Waals surface area contributed by atoms with E-state index in [2.05, 4.69) is 58.5 Å². The number of nitrogens with one attached hydrogen (secondary N) is 11. The standard InChI is InChI=1S/C67H99FN14O13S2/c68-44-17-21-48-47(29-44)43(32-72-48)28-51-63(91)79-53(31-59(86)87)65(93)78-52(30-45-33-71-38-74-45)64(92)80-54(27-40-14-18-46(83)19-15-40)67(95)82-24-7-13-56(82)66(94)81-55(60(70)88)37-97-36-42-11-6-10-41(26-42)35-96-25-22-57(84)75-49(12-4-5-23-69)61(89)73-34-58(85)76-50(62(90)77-51)20-16-39-8-2-1-3-9-39/h1-3,6,8-11,26,40,43-56,71-72,74,83H,4-5,7,12-25,27-38,69H2,(H2,70,88)(H,73,89)(H,75,84)(H,76,85)(H,77,90)(H,78,93)(H,79,91)(H,80,92)(H,81,94)(H,86,87)/t40?,43?,44?,45?,46?,47?,48?,49?,50-,51-,52-,53-,54-,55-,56-/m0/s1.